The standard InChI is InChI=1S/C20H21NO5S2/c22-19(12-26-20(23)18-11-14-5-4-8-17(14)27-18)21(15-6-2-1-3-7-15)16-9-10-28(24,25)13-16/h1-3,6-7,11,16H,4-5,8-10,12-13H2/t16-/m1/s1. The molecule has 2 heterocycles. The average Bonchev–Trinajstić information content (AvgIpc) is 3.35. The molecule has 1 atom stereocenters. The molecule has 148 valence electrons. The van der Waals surface area contributed by atoms with Gasteiger partial charge in [0.2, 0.25) is 0 Å². The fourth-order valence-corrected chi connectivity index (χ4v) is 6.67. The Labute approximate surface area is 168 Å². The summed E-state index contributed by atoms with van der Waals surface area (Å²) in [5, 5.41) is 0. The molecule has 0 N–H and O–H groups in total. The van der Waals surface area contributed by atoms with Crippen LogP contribution in [0.5, 0.6) is 0 Å². The Morgan fingerprint density at radius 2 is 1.96 bits per heavy atom. The number of carbonyl (C=O) groups excluding carboxylic acids is 2. The van der Waals surface area contributed by atoms with Gasteiger partial charge in [0.05, 0.1) is 17.5 Å². The molecule has 0 spiro atoms. The van der Waals surface area contributed by atoms with E-state index in [1.54, 1.807) is 24.3 Å². The lowest BCUT2D eigenvalue weighted by Gasteiger charge is -2.28. The van der Waals surface area contributed by atoms with Crippen LogP contribution in [0.3, 0.4) is 0 Å². The summed E-state index contributed by atoms with van der Waals surface area (Å²) >= 11 is 1.43. The lowest BCUT2D eigenvalue weighted by molar-refractivity contribution is -0.122. The van der Waals surface area contributed by atoms with Crippen LogP contribution in [0.15, 0.2) is 36.4 Å². The quantitative estimate of drug-likeness (QED) is 0.696. The Balaban J connectivity index is 1.47. The molecular formula is C20H21NO5S2. The molecule has 1 amide bonds. The highest BCUT2D eigenvalue weighted by Gasteiger charge is 2.36. The molecule has 2 aliphatic rings. The Kier molecular flexibility index (Phi) is 5.25. The zero-order chi connectivity index (χ0) is 19.7. The van der Waals surface area contributed by atoms with E-state index in [9.17, 15) is 18.0 Å². The Hall–Kier alpha value is -2.19. The first-order valence-corrected chi connectivity index (χ1v) is 11.9. The summed E-state index contributed by atoms with van der Waals surface area (Å²) < 4.78 is 29.1. The second-order valence-electron chi connectivity index (χ2n) is 7.14. The van der Waals surface area contributed by atoms with Crippen molar-refractivity contribution in [2.24, 2.45) is 0 Å². The summed E-state index contributed by atoms with van der Waals surface area (Å²) in [5.74, 6) is -0.917. The number of fused-ring (bicyclic) bond motifs is 1. The monoisotopic (exact) mass is 419 g/mol. The van der Waals surface area contributed by atoms with Gasteiger partial charge in [-0.1, -0.05) is 18.2 Å². The van der Waals surface area contributed by atoms with Crippen molar-refractivity contribution in [1.82, 2.24) is 0 Å². The SMILES string of the molecule is O=C(OCC(=O)N(c1ccccc1)[C@@H]1CCS(=O)(=O)C1)c1cc2c(s1)CCC2. The third-order valence-electron chi connectivity index (χ3n) is 5.15. The number of para-hydroxylation sites is 1. The van der Waals surface area contributed by atoms with Crippen LogP contribution in [0.2, 0.25) is 0 Å². The van der Waals surface area contributed by atoms with E-state index in [4.69, 9.17) is 4.74 Å². The van der Waals surface area contributed by atoms with E-state index in [0.29, 0.717) is 17.0 Å². The highest BCUT2D eigenvalue weighted by atomic mass is 32.2. The van der Waals surface area contributed by atoms with Gasteiger partial charge >= 0.3 is 5.97 Å². The molecule has 0 saturated carbocycles. The van der Waals surface area contributed by atoms with Gasteiger partial charge in [0.15, 0.2) is 16.4 Å². The first-order chi connectivity index (χ1) is 13.4. The molecule has 0 unspecified atom stereocenters. The number of aryl methyl sites for hydroxylation is 2. The van der Waals surface area contributed by atoms with Crippen molar-refractivity contribution in [1.29, 1.82) is 0 Å². The summed E-state index contributed by atoms with van der Waals surface area (Å²) in [7, 11) is -3.15. The summed E-state index contributed by atoms with van der Waals surface area (Å²) in [4.78, 5) is 28.4. The molecule has 0 radical (unpaired) electrons. The molecule has 1 aromatic carbocycles. The summed E-state index contributed by atoms with van der Waals surface area (Å²) in [6.07, 6.45) is 3.47. The zero-order valence-corrected chi connectivity index (χ0v) is 16.9. The second-order valence-corrected chi connectivity index (χ2v) is 10.5. The van der Waals surface area contributed by atoms with Crippen LogP contribution >= 0.6 is 11.3 Å². The predicted molar refractivity (Wildman–Crippen MR) is 108 cm³/mol. The van der Waals surface area contributed by atoms with Gasteiger partial charge < -0.3 is 9.64 Å². The molecule has 8 heteroatoms. The van der Waals surface area contributed by atoms with Crippen molar-refractivity contribution >= 4 is 38.7 Å². The maximum atomic E-state index is 12.9. The molecule has 1 fully saturated rings. The van der Waals surface area contributed by atoms with Crippen molar-refractivity contribution in [3.8, 4) is 0 Å². The summed E-state index contributed by atoms with van der Waals surface area (Å²) in [5.41, 5.74) is 1.81. The fourth-order valence-electron chi connectivity index (χ4n) is 3.82. The van der Waals surface area contributed by atoms with Crippen molar-refractivity contribution in [2.45, 2.75) is 31.7 Å². The first-order valence-electron chi connectivity index (χ1n) is 9.29. The van der Waals surface area contributed by atoms with Crippen molar-refractivity contribution < 1.29 is 22.7 Å². The minimum Gasteiger partial charge on any atom is -0.451 e. The number of sulfone groups is 1. The lowest BCUT2D eigenvalue weighted by Crippen LogP contribution is -2.43. The van der Waals surface area contributed by atoms with Crippen LogP contribution in [0.1, 0.15) is 33.0 Å². The first kappa shape index (κ1) is 19.1. The number of esters is 1. The number of benzene rings is 1. The minimum absolute atomic E-state index is 0.0643. The van der Waals surface area contributed by atoms with Crippen LogP contribution < -0.4 is 4.90 Å². The van der Waals surface area contributed by atoms with E-state index in [1.165, 1.54) is 26.7 Å². The number of ether oxygens (including phenoxy) is 1. The third kappa shape index (κ3) is 3.98. The normalized spacial score (nSPS) is 19.9. The van der Waals surface area contributed by atoms with E-state index >= 15 is 0 Å². The zero-order valence-electron chi connectivity index (χ0n) is 15.3. The van der Waals surface area contributed by atoms with Crippen molar-refractivity contribution in [3.05, 3.63) is 51.7 Å². The minimum atomic E-state index is -3.15. The summed E-state index contributed by atoms with van der Waals surface area (Å²) in [6.45, 7) is -0.410. The maximum Gasteiger partial charge on any atom is 0.348 e. The second kappa shape index (κ2) is 7.67. The molecule has 0 bridgehead atoms. The molecule has 28 heavy (non-hydrogen) atoms. The number of rotatable bonds is 5. The highest BCUT2D eigenvalue weighted by Crippen LogP contribution is 2.31. The molecule has 1 saturated heterocycles. The number of hydrogen-bond acceptors (Lipinski definition) is 6. The molecule has 4 rings (SSSR count). The Morgan fingerprint density at radius 1 is 1.18 bits per heavy atom. The van der Waals surface area contributed by atoms with Crippen LogP contribution in [0.4, 0.5) is 5.69 Å². The van der Waals surface area contributed by atoms with Gasteiger partial charge in [-0.3, -0.25) is 4.79 Å². The van der Waals surface area contributed by atoms with Crippen LogP contribution in [0.25, 0.3) is 0 Å². The number of amides is 1. The number of thiophene rings is 1. The highest BCUT2D eigenvalue weighted by molar-refractivity contribution is 7.91. The van der Waals surface area contributed by atoms with E-state index in [2.05, 4.69) is 0 Å². The maximum absolute atomic E-state index is 12.9. The van der Waals surface area contributed by atoms with Crippen molar-refractivity contribution in [2.75, 3.05) is 23.0 Å². The number of anilines is 1. The predicted octanol–water partition coefficient (Wildman–Crippen LogP) is 2.61. The number of nitrogens with zero attached hydrogens (tertiary/aromatic N) is 1. The largest absolute Gasteiger partial charge is 0.451 e. The summed E-state index contributed by atoms with van der Waals surface area (Å²) in [6, 6.07) is 10.3. The van der Waals surface area contributed by atoms with E-state index in [1.807, 2.05) is 12.1 Å². The van der Waals surface area contributed by atoms with Crippen LogP contribution in [-0.2, 0) is 32.2 Å². The Bertz CT molecular complexity index is 975. The van der Waals surface area contributed by atoms with Gasteiger partial charge in [0.25, 0.3) is 5.91 Å². The van der Waals surface area contributed by atoms with Gasteiger partial charge in [0, 0.05) is 10.6 Å². The van der Waals surface area contributed by atoms with E-state index in [-0.39, 0.29) is 11.5 Å². The van der Waals surface area contributed by atoms with E-state index in [0.717, 1.165) is 19.3 Å². The van der Waals surface area contributed by atoms with Crippen LogP contribution in [0, 0.1) is 0 Å². The molecule has 1 aliphatic carbocycles. The molecular weight excluding hydrogens is 398 g/mol. The number of carbonyl (C=O) groups is 2. The molecule has 6 nitrogen and oxygen atoms in total. The van der Waals surface area contributed by atoms with Gasteiger partial charge in [-0.05, 0) is 49.4 Å². The Morgan fingerprint density at radius 3 is 2.64 bits per heavy atom. The third-order valence-corrected chi connectivity index (χ3v) is 8.12. The molecule has 1 aliphatic heterocycles. The molecule has 2 aromatic rings. The average molecular weight is 420 g/mol. The van der Waals surface area contributed by atoms with Crippen LogP contribution in [-0.4, -0.2) is 44.4 Å². The number of hydrogen-bond donors (Lipinski definition) is 0. The molecule has 1 aromatic heterocycles. The lowest BCUT2D eigenvalue weighted by atomic mass is 10.2. The topological polar surface area (TPSA) is 80.8 Å². The van der Waals surface area contributed by atoms with Gasteiger partial charge in [0.1, 0.15) is 4.88 Å². The van der Waals surface area contributed by atoms with E-state index < -0.39 is 34.4 Å². The van der Waals surface area contributed by atoms with Gasteiger partial charge in [-0.2, -0.15) is 0 Å². The van der Waals surface area contributed by atoms with Gasteiger partial charge in [-0.25, -0.2) is 13.2 Å². The van der Waals surface area contributed by atoms with Gasteiger partial charge in [-0.15, -0.1) is 11.3 Å². The van der Waals surface area contributed by atoms with Crippen molar-refractivity contribution in [3.63, 3.8) is 0 Å². The fraction of sp³-hybridized carbons (Fsp3) is 0.400. The smallest absolute Gasteiger partial charge is 0.348 e.